The van der Waals surface area contributed by atoms with Crippen molar-refractivity contribution in [2.24, 2.45) is 5.73 Å². The SMILES string of the molecule is CCC(N)c1ccc(N2C[C@@H](C)O[C@@H](C)C2)cn1. The topological polar surface area (TPSA) is 51.4 Å². The molecule has 1 aromatic heterocycles. The molecule has 2 rings (SSSR count). The van der Waals surface area contributed by atoms with Crippen LogP contribution in [0.3, 0.4) is 0 Å². The summed E-state index contributed by atoms with van der Waals surface area (Å²) in [4.78, 5) is 6.79. The van der Waals surface area contributed by atoms with E-state index in [4.69, 9.17) is 10.5 Å². The smallest absolute Gasteiger partial charge is 0.0726 e. The Balaban J connectivity index is 2.09. The first kappa shape index (κ1) is 13.3. The van der Waals surface area contributed by atoms with E-state index in [2.05, 4.69) is 36.7 Å². The zero-order valence-corrected chi connectivity index (χ0v) is 11.5. The molecule has 100 valence electrons. The van der Waals surface area contributed by atoms with Crippen LogP contribution in [0.5, 0.6) is 0 Å². The summed E-state index contributed by atoms with van der Waals surface area (Å²) in [6, 6.07) is 4.19. The molecule has 1 aromatic rings. The summed E-state index contributed by atoms with van der Waals surface area (Å²) in [5.74, 6) is 0. The molecule has 1 aliphatic rings. The molecule has 0 spiro atoms. The number of pyridine rings is 1. The largest absolute Gasteiger partial charge is 0.372 e. The molecule has 0 aromatic carbocycles. The summed E-state index contributed by atoms with van der Waals surface area (Å²) < 4.78 is 5.74. The first-order valence-electron chi connectivity index (χ1n) is 6.72. The van der Waals surface area contributed by atoms with Crippen LogP contribution in [0.1, 0.15) is 38.9 Å². The lowest BCUT2D eigenvalue weighted by Gasteiger charge is -2.36. The second-order valence-electron chi connectivity index (χ2n) is 5.12. The van der Waals surface area contributed by atoms with Crippen LogP contribution in [0.25, 0.3) is 0 Å². The molecule has 2 N–H and O–H groups in total. The molecule has 1 fully saturated rings. The van der Waals surface area contributed by atoms with Crippen LogP contribution in [0.2, 0.25) is 0 Å². The maximum atomic E-state index is 5.97. The molecule has 4 nitrogen and oxygen atoms in total. The van der Waals surface area contributed by atoms with E-state index < -0.39 is 0 Å². The Bertz CT molecular complexity index is 369. The molecular formula is C14H23N3O. The molecule has 18 heavy (non-hydrogen) atoms. The third-order valence-electron chi connectivity index (χ3n) is 3.38. The predicted octanol–water partition coefficient (Wildman–Crippen LogP) is 2.10. The van der Waals surface area contributed by atoms with Crippen LogP contribution in [-0.2, 0) is 4.74 Å². The van der Waals surface area contributed by atoms with Crippen LogP contribution >= 0.6 is 0 Å². The number of aromatic nitrogens is 1. The molecule has 0 saturated carbocycles. The van der Waals surface area contributed by atoms with Gasteiger partial charge < -0.3 is 15.4 Å². The van der Waals surface area contributed by atoms with Crippen LogP contribution in [0.4, 0.5) is 5.69 Å². The number of anilines is 1. The Morgan fingerprint density at radius 3 is 2.56 bits per heavy atom. The third-order valence-corrected chi connectivity index (χ3v) is 3.38. The van der Waals surface area contributed by atoms with E-state index in [1.165, 1.54) is 0 Å². The van der Waals surface area contributed by atoms with Crippen LogP contribution in [0, 0.1) is 0 Å². The maximum Gasteiger partial charge on any atom is 0.0726 e. The van der Waals surface area contributed by atoms with Gasteiger partial charge in [0.25, 0.3) is 0 Å². The highest BCUT2D eigenvalue weighted by Crippen LogP contribution is 2.21. The van der Waals surface area contributed by atoms with E-state index in [1.807, 2.05) is 12.3 Å². The summed E-state index contributed by atoms with van der Waals surface area (Å²) in [5.41, 5.74) is 8.10. The summed E-state index contributed by atoms with van der Waals surface area (Å²) >= 11 is 0. The lowest BCUT2D eigenvalue weighted by atomic mass is 10.1. The highest BCUT2D eigenvalue weighted by atomic mass is 16.5. The zero-order valence-electron chi connectivity index (χ0n) is 11.5. The molecule has 2 heterocycles. The Morgan fingerprint density at radius 2 is 2.06 bits per heavy atom. The molecule has 0 amide bonds. The number of rotatable bonds is 3. The molecular weight excluding hydrogens is 226 g/mol. The van der Waals surface area contributed by atoms with Gasteiger partial charge in [0, 0.05) is 19.1 Å². The zero-order chi connectivity index (χ0) is 13.1. The number of morpholine rings is 1. The Kier molecular flexibility index (Phi) is 4.19. The van der Waals surface area contributed by atoms with Crippen molar-refractivity contribution in [3.8, 4) is 0 Å². The van der Waals surface area contributed by atoms with Gasteiger partial charge in [-0.25, -0.2) is 0 Å². The quantitative estimate of drug-likeness (QED) is 0.891. The minimum Gasteiger partial charge on any atom is -0.372 e. The molecule has 0 radical (unpaired) electrons. The van der Waals surface area contributed by atoms with Crippen molar-refractivity contribution < 1.29 is 4.74 Å². The van der Waals surface area contributed by atoms with Gasteiger partial charge in [0.05, 0.1) is 29.8 Å². The number of hydrogen-bond donors (Lipinski definition) is 1. The van der Waals surface area contributed by atoms with Crippen molar-refractivity contribution in [1.29, 1.82) is 0 Å². The molecule has 1 aliphatic heterocycles. The average molecular weight is 249 g/mol. The van der Waals surface area contributed by atoms with Crippen LogP contribution in [-0.4, -0.2) is 30.3 Å². The predicted molar refractivity (Wildman–Crippen MR) is 73.7 cm³/mol. The van der Waals surface area contributed by atoms with Gasteiger partial charge >= 0.3 is 0 Å². The van der Waals surface area contributed by atoms with E-state index in [0.29, 0.717) is 0 Å². The lowest BCUT2D eigenvalue weighted by Crippen LogP contribution is -2.45. The normalized spacial score (nSPS) is 26.1. The molecule has 1 saturated heterocycles. The van der Waals surface area contributed by atoms with Gasteiger partial charge in [-0.05, 0) is 32.4 Å². The first-order chi connectivity index (χ1) is 8.60. The highest BCUT2D eigenvalue weighted by molar-refractivity contribution is 5.45. The van der Waals surface area contributed by atoms with Crippen molar-refractivity contribution in [3.05, 3.63) is 24.0 Å². The molecule has 4 heteroatoms. The molecule has 0 aliphatic carbocycles. The maximum absolute atomic E-state index is 5.97. The van der Waals surface area contributed by atoms with Gasteiger partial charge in [-0.2, -0.15) is 0 Å². The van der Waals surface area contributed by atoms with Crippen molar-refractivity contribution in [2.45, 2.75) is 45.4 Å². The van der Waals surface area contributed by atoms with E-state index in [-0.39, 0.29) is 18.2 Å². The fourth-order valence-corrected chi connectivity index (χ4v) is 2.40. The number of nitrogens with two attached hydrogens (primary N) is 1. The minimum atomic E-state index is 0.0431. The van der Waals surface area contributed by atoms with Crippen molar-refractivity contribution in [1.82, 2.24) is 4.98 Å². The second kappa shape index (κ2) is 5.67. The van der Waals surface area contributed by atoms with Gasteiger partial charge in [0.2, 0.25) is 0 Å². The van der Waals surface area contributed by atoms with E-state index in [0.717, 1.165) is 30.9 Å². The minimum absolute atomic E-state index is 0.0431. The van der Waals surface area contributed by atoms with Gasteiger partial charge in [0.1, 0.15) is 0 Å². The van der Waals surface area contributed by atoms with Crippen molar-refractivity contribution in [3.63, 3.8) is 0 Å². The molecule has 3 atom stereocenters. The Labute approximate surface area is 109 Å². The highest BCUT2D eigenvalue weighted by Gasteiger charge is 2.22. The van der Waals surface area contributed by atoms with E-state index >= 15 is 0 Å². The van der Waals surface area contributed by atoms with Gasteiger partial charge in [0.15, 0.2) is 0 Å². The van der Waals surface area contributed by atoms with Gasteiger partial charge in [-0.15, -0.1) is 0 Å². The van der Waals surface area contributed by atoms with Crippen molar-refractivity contribution in [2.75, 3.05) is 18.0 Å². The van der Waals surface area contributed by atoms with Gasteiger partial charge in [-0.3, -0.25) is 4.98 Å². The van der Waals surface area contributed by atoms with Gasteiger partial charge in [-0.1, -0.05) is 6.92 Å². The van der Waals surface area contributed by atoms with E-state index in [9.17, 15) is 0 Å². The number of nitrogens with zero attached hydrogens (tertiary/aromatic N) is 2. The molecule has 1 unspecified atom stereocenters. The Morgan fingerprint density at radius 1 is 1.39 bits per heavy atom. The monoisotopic (exact) mass is 249 g/mol. The first-order valence-corrected chi connectivity index (χ1v) is 6.72. The summed E-state index contributed by atoms with van der Waals surface area (Å²) in [6.45, 7) is 8.14. The second-order valence-corrected chi connectivity index (χ2v) is 5.12. The van der Waals surface area contributed by atoms with E-state index in [1.54, 1.807) is 0 Å². The summed E-state index contributed by atoms with van der Waals surface area (Å²) in [7, 11) is 0. The number of ether oxygens (including phenoxy) is 1. The summed E-state index contributed by atoms with van der Waals surface area (Å²) in [6.07, 6.45) is 3.38. The third kappa shape index (κ3) is 3.00. The van der Waals surface area contributed by atoms with Crippen molar-refractivity contribution >= 4 is 5.69 Å². The fourth-order valence-electron chi connectivity index (χ4n) is 2.40. The molecule has 0 bridgehead atoms. The average Bonchev–Trinajstić information content (AvgIpc) is 2.37. The van der Waals surface area contributed by atoms with Crippen LogP contribution in [0.15, 0.2) is 18.3 Å². The lowest BCUT2D eigenvalue weighted by molar-refractivity contribution is -0.00523. The standard InChI is InChI=1S/C14H23N3O/c1-4-13(15)14-6-5-12(7-16-14)17-8-10(2)18-11(3)9-17/h5-7,10-11,13H,4,8-9,15H2,1-3H3/t10-,11+,13?. The number of hydrogen-bond acceptors (Lipinski definition) is 4. The Hall–Kier alpha value is -1.13. The fraction of sp³-hybridized carbons (Fsp3) is 0.643. The van der Waals surface area contributed by atoms with Crippen LogP contribution < -0.4 is 10.6 Å². The summed E-state index contributed by atoms with van der Waals surface area (Å²) in [5, 5.41) is 0.